The highest BCUT2D eigenvalue weighted by atomic mass is 16.2. The van der Waals surface area contributed by atoms with Crippen molar-refractivity contribution < 1.29 is 9.59 Å². The number of carbonyl (C=O) groups is 2. The fourth-order valence-corrected chi connectivity index (χ4v) is 1.86. The number of hydrogen-bond acceptors (Lipinski definition) is 2. The van der Waals surface area contributed by atoms with E-state index in [1.807, 2.05) is 25.1 Å². The largest absolute Gasteiger partial charge is 0.274 e. The van der Waals surface area contributed by atoms with E-state index in [1.165, 1.54) is 4.90 Å². The summed E-state index contributed by atoms with van der Waals surface area (Å²) in [5, 5.41) is 0. The molecule has 1 fully saturated rings. The highest BCUT2D eigenvalue weighted by Crippen LogP contribution is 2.24. The summed E-state index contributed by atoms with van der Waals surface area (Å²) in [6.45, 7) is 1.93. The van der Waals surface area contributed by atoms with Crippen molar-refractivity contribution >= 4 is 17.5 Å². The maximum atomic E-state index is 11.7. The molecule has 0 aliphatic carbocycles. The van der Waals surface area contributed by atoms with Crippen LogP contribution in [-0.4, -0.2) is 11.8 Å². The molecule has 0 aromatic heterocycles. The van der Waals surface area contributed by atoms with Gasteiger partial charge in [0.05, 0.1) is 5.69 Å². The van der Waals surface area contributed by atoms with E-state index in [1.54, 1.807) is 12.1 Å². The van der Waals surface area contributed by atoms with Crippen LogP contribution in [0, 0.1) is 5.92 Å². The zero-order valence-corrected chi connectivity index (χ0v) is 8.64. The Morgan fingerprint density at radius 3 is 2.13 bits per heavy atom. The fraction of sp³-hybridized carbons (Fsp3) is 0.333. The molecular weight excluding hydrogens is 190 g/mol. The highest BCUT2D eigenvalue weighted by Gasteiger charge is 2.31. The lowest BCUT2D eigenvalue weighted by molar-refractivity contribution is -0.130. The normalized spacial score (nSPS) is 18.3. The lowest BCUT2D eigenvalue weighted by atomic mass is 9.97. The van der Waals surface area contributed by atoms with Crippen molar-refractivity contribution in [2.45, 2.75) is 19.8 Å². The minimum Gasteiger partial charge on any atom is -0.274 e. The maximum absolute atomic E-state index is 11.7. The number of piperidine rings is 1. The Bertz CT molecular complexity index is 368. The first-order valence-electron chi connectivity index (χ1n) is 5.09. The Balaban J connectivity index is 2.29. The van der Waals surface area contributed by atoms with Gasteiger partial charge in [0.1, 0.15) is 0 Å². The number of carbonyl (C=O) groups excluding carboxylic acids is 2. The molecule has 0 bridgehead atoms. The molecule has 1 aromatic rings. The average Bonchev–Trinajstić information content (AvgIpc) is 2.17. The molecular formula is C12H13NO2. The van der Waals surface area contributed by atoms with Gasteiger partial charge in [0.2, 0.25) is 11.8 Å². The van der Waals surface area contributed by atoms with Gasteiger partial charge in [-0.05, 0) is 18.1 Å². The lowest BCUT2D eigenvalue weighted by Crippen LogP contribution is -2.42. The lowest BCUT2D eigenvalue weighted by Gasteiger charge is -2.28. The second kappa shape index (κ2) is 3.85. The SMILES string of the molecule is CC1CC(=O)N(c2ccccc2)C(=O)C1. The maximum Gasteiger partial charge on any atom is 0.234 e. The van der Waals surface area contributed by atoms with Crippen molar-refractivity contribution in [1.29, 1.82) is 0 Å². The first-order valence-corrected chi connectivity index (χ1v) is 5.09. The van der Waals surface area contributed by atoms with Crippen molar-refractivity contribution in [2.75, 3.05) is 4.90 Å². The summed E-state index contributed by atoms with van der Waals surface area (Å²) in [7, 11) is 0. The molecule has 1 aliphatic heterocycles. The predicted molar refractivity (Wildman–Crippen MR) is 57.3 cm³/mol. The van der Waals surface area contributed by atoms with Gasteiger partial charge < -0.3 is 0 Å². The Kier molecular flexibility index (Phi) is 2.54. The summed E-state index contributed by atoms with van der Waals surface area (Å²) in [5.41, 5.74) is 0.680. The van der Waals surface area contributed by atoms with Crippen LogP contribution in [0.15, 0.2) is 30.3 Å². The van der Waals surface area contributed by atoms with E-state index < -0.39 is 0 Å². The number of nitrogens with zero attached hydrogens (tertiary/aromatic N) is 1. The number of amides is 2. The van der Waals surface area contributed by atoms with Gasteiger partial charge in [0, 0.05) is 12.8 Å². The van der Waals surface area contributed by atoms with E-state index in [4.69, 9.17) is 0 Å². The van der Waals surface area contributed by atoms with Crippen molar-refractivity contribution in [2.24, 2.45) is 5.92 Å². The fourth-order valence-electron chi connectivity index (χ4n) is 1.86. The van der Waals surface area contributed by atoms with E-state index in [0.29, 0.717) is 18.5 Å². The van der Waals surface area contributed by atoms with Crippen LogP contribution in [-0.2, 0) is 9.59 Å². The number of hydrogen-bond donors (Lipinski definition) is 0. The van der Waals surface area contributed by atoms with Gasteiger partial charge in [-0.2, -0.15) is 0 Å². The van der Waals surface area contributed by atoms with E-state index in [0.717, 1.165) is 0 Å². The molecule has 15 heavy (non-hydrogen) atoms. The molecule has 1 aliphatic rings. The summed E-state index contributed by atoms with van der Waals surface area (Å²) in [4.78, 5) is 24.7. The third kappa shape index (κ3) is 1.91. The molecule has 0 N–H and O–H groups in total. The number of anilines is 1. The van der Waals surface area contributed by atoms with Crippen LogP contribution < -0.4 is 4.90 Å². The molecule has 2 amide bonds. The molecule has 0 unspecified atom stereocenters. The second-order valence-electron chi connectivity index (χ2n) is 3.97. The van der Waals surface area contributed by atoms with Crippen LogP contribution in [0.4, 0.5) is 5.69 Å². The summed E-state index contributed by atoms with van der Waals surface area (Å²) in [6.07, 6.45) is 0.918. The third-order valence-electron chi connectivity index (χ3n) is 2.56. The Hall–Kier alpha value is -1.64. The van der Waals surface area contributed by atoms with Gasteiger partial charge >= 0.3 is 0 Å². The smallest absolute Gasteiger partial charge is 0.234 e. The number of imide groups is 1. The van der Waals surface area contributed by atoms with Gasteiger partial charge in [-0.3, -0.25) is 14.5 Å². The molecule has 2 rings (SSSR count). The van der Waals surface area contributed by atoms with Crippen LogP contribution >= 0.6 is 0 Å². The minimum absolute atomic E-state index is 0.0926. The second-order valence-corrected chi connectivity index (χ2v) is 3.97. The van der Waals surface area contributed by atoms with Crippen LogP contribution in [0.25, 0.3) is 0 Å². The highest BCUT2D eigenvalue weighted by molar-refractivity contribution is 6.16. The predicted octanol–water partition coefficient (Wildman–Crippen LogP) is 1.98. The number of rotatable bonds is 1. The number of benzene rings is 1. The van der Waals surface area contributed by atoms with Crippen LogP contribution in [0.5, 0.6) is 0 Å². The summed E-state index contributed by atoms with van der Waals surface area (Å²) in [5.74, 6) is -0.0140. The topological polar surface area (TPSA) is 37.4 Å². The standard InChI is InChI=1S/C12H13NO2/c1-9-7-11(14)13(12(15)8-9)10-5-3-2-4-6-10/h2-6,9H,7-8H2,1H3. The molecule has 3 heteroatoms. The van der Waals surface area contributed by atoms with Crippen LogP contribution in [0.1, 0.15) is 19.8 Å². The summed E-state index contributed by atoms with van der Waals surface area (Å²) < 4.78 is 0. The molecule has 1 aromatic carbocycles. The zero-order valence-electron chi connectivity index (χ0n) is 8.64. The first kappa shape index (κ1) is 9.90. The number of para-hydroxylation sites is 1. The van der Waals surface area contributed by atoms with Crippen molar-refractivity contribution in [3.05, 3.63) is 30.3 Å². The van der Waals surface area contributed by atoms with Gasteiger partial charge in [-0.25, -0.2) is 0 Å². The molecule has 0 atom stereocenters. The Morgan fingerprint density at radius 2 is 1.60 bits per heavy atom. The van der Waals surface area contributed by atoms with Crippen LogP contribution in [0.3, 0.4) is 0 Å². The van der Waals surface area contributed by atoms with Crippen LogP contribution in [0.2, 0.25) is 0 Å². The summed E-state index contributed by atoms with van der Waals surface area (Å²) in [6, 6.07) is 9.09. The molecule has 0 saturated carbocycles. The molecule has 3 nitrogen and oxygen atoms in total. The van der Waals surface area contributed by atoms with Crippen molar-refractivity contribution in [3.8, 4) is 0 Å². The zero-order chi connectivity index (χ0) is 10.8. The van der Waals surface area contributed by atoms with Crippen molar-refractivity contribution in [3.63, 3.8) is 0 Å². The van der Waals surface area contributed by atoms with E-state index in [2.05, 4.69) is 0 Å². The quantitative estimate of drug-likeness (QED) is 0.654. The van der Waals surface area contributed by atoms with Gasteiger partial charge in [0.15, 0.2) is 0 Å². The van der Waals surface area contributed by atoms with E-state index in [9.17, 15) is 9.59 Å². The third-order valence-corrected chi connectivity index (χ3v) is 2.56. The molecule has 0 radical (unpaired) electrons. The molecule has 1 heterocycles. The van der Waals surface area contributed by atoms with Gasteiger partial charge in [-0.1, -0.05) is 25.1 Å². The first-order chi connectivity index (χ1) is 7.18. The molecule has 0 spiro atoms. The Morgan fingerprint density at radius 1 is 1.07 bits per heavy atom. The molecule has 78 valence electrons. The van der Waals surface area contributed by atoms with Gasteiger partial charge in [0.25, 0.3) is 0 Å². The van der Waals surface area contributed by atoms with Crippen molar-refractivity contribution in [1.82, 2.24) is 0 Å². The van der Waals surface area contributed by atoms with E-state index >= 15 is 0 Å². The average molecular weight is 203 g/mol. The Labute approximate surface area is 88.7 Å². The monoisotopic (exact) mass is 203 g/mol. The van der Waals surface area contributed by atoms with E-state index in [-0.39, 0.29) is 17.7 Å². The van der Waals surface area contributed by atoms with Gasteiger partial charge in [-0.15, -0.1) is 0 Å². The summed E-state index contributed by atoms with van der Waals surface area (Å²) >= 11 is 0. The minimum atomic E-state index is -0.0926. The molecule has 1 saturated heterocycles.